The SMILES string of the molecule is COc1cc(OC)c(NC(=S)NCCc2ccccc2)cc1Cl. The number of hydrogen-bond acceptors (Lipinski definition) is 3. The molecule has 4 nitrogen and oxygen atoms in total. The molecular formula is C17H19ClN2O2S. The van der Waals surface area contributed by atoms with Gasteiger partial charge in [0.2, 0.25) is 0 Å². The second kappa shape index (κ2) is 8.60. The average Bonchev–Trinajstić information content (AvgIpc) is 2.56. The Hall–Kier alpha value is -1.98. The molecule has 0 saturated heterocycles. The Morgan fingerprint density at radius 3 is 2.43 bits per heavy atom. The normalized spacial score (nSPS) is 10.0. The molecule has 0 bridgehead atoms. The van der Waals surface area contributed by atoms with E-state index >= 15 is 0 Å². The molecule has 0 aliphatic heterocycles. The van der Waals surface area contributed by atoms with E-state index in [0.717, 1.165) is 13.0 Å². The highest BCUT2D eigenvalue weighted by Crippen LogP contribution is 2.35. The van der Waals surface area contributed by atoms with Crippen LogP contribution in [0.5, 0.6) is 11.5 Å². The lowest BCUT2D eigenvalue weighted by atomic mass is 10.1. The number of ether oxygens (including phenoxy) is 2. The monoisotopic (exact) mass is 350 g/mol. The van der Waals surface area contributed by atoms with E-state index in [1.54, 1.807) is 26.4 Å². The summed E-state index contributed by atoms with van der Waals surface area (Å²) in [6.45, 7) is 0.738. The Balaban J connectivity index is 1.93. The fraction of sp³-hybridized carbons (Fsp3) is 0.235. The molecule has 0 aliphatic carbocycles. The second-order valence-electron chi connectivity index (χ2n) is 4.80. The lowest BCUT2D eigenvalue weighted by Crippen LogP contribution is -2.30. The number of benzene rings is 2. The molecule has 6 heteroatoms. The lowest BCUT2D eigenvalue weighted by Gasteiger charge is -2.15. The Morgan fingerprint density at radius 2 is 1.78 bits per heavy atom. The van der Waals surface area contributed by atoms with E-state index in [1.165, 1.54) is 5.56 Å². The summed E-state index contributed by atoms with van der Waals surface area (Å²) < 4.78 is 10.5. The maximum Gasteiger partial charge on any atom is 0.170 e. The molecule has 2 N–H and O–H groups in total. The maximum atomic E-state index is 6.14. The van der Waals surface area contributed by atoms with Crippen LogP contribution in [0.15, 0.2) is 42.5 Å². The zero-order chi connectivity index (χ0) is 16.7. The van der Waals surface area contributed by atoms with Crippen LogP contribution in [-0.4, -0.2) is 25.9 Å². The minimum Gasteiger partial charge on any atom is -0.495 e. The van der Waals surface area contributed by atoms with Gasteiger partial charge in [-0.1, -0.05) is 41.9 Å². The van der Waals surface area contributed by atoms with Crippen LogP contribution in [0.1, 0.15) is 5.56 Å². The van der Waals surface area contributed by atoms with Crippen LogP contribution >= 0.6 is 23.8 Å². The number of thiocarbonyl (C=S) groups is 1. The standard InChI is InChI=1S/C17H19ClN2O2S/c1-21-15-11-16(22-2)14(10-13(15)18)20-17(23)19-9-8-12-6-4-3-5-7-12/h3-7,10-11H,8-9H2,1-2H3,(H2,19,20,23). The van der Waals surface area contributed by atoms with Gasteiger partial charge in [-0.2, -0.15) is 0 Å². The van der Waals surface area contributed by atoms with Gasteiger partial charge in [0.05, 0.1) is 24.9 Å². The summed E-state index contributed by atoms with van der Waals surface area (Å²) >= 11 is 11.5. The number of anilines is 1. The first kappa shape index (κ1) is 17.4. The van der Waals surface area contributed by atoms with Crippen LogP contribution < -0.4 is 20.1 Å². The summed E-state index contributed by atoms with van der Waals surface area (Å²) in [6.07, 6.45) is 0.892. The topological polar surface area (TPSA) is 42.5 Å². The summed E-state index contributed by atoms with van der Waals surface area (Å²) in [7, 11) is 3.14. The predicted molar refractivity (Wildman–Crippen MR) is 98.9 cm³/mol. The summed E-state index contributed by atoms with van der Waals surface area (Å²) in [5, 5.41) is 7.27. The largest absolute Gasteiger partial charge is 0.495 e. The average molecular weight is 351 g/mol. The molecule has 0 amide bonds. The molecule has 0 unspecified atom stereocenters. The summed E-state index contributed by atoms with van der Waals surface area (Å²) in [4.78, 5) is 0. The van der Waals surface area contributed by atoms with Crippen LogP contribution in [0.2, 0.25) is 5.02 Å². The Morgan fingerprint density at radius 1 is 1.09 bits per heavy atom. The number of rotatable bonds is 6. The molecule has 0 aliphatic rings. The number of halogens is 1. The van der Waals surface area contributed by atoms with Crippen molar-refractivity contribution in [3.05, 3.63) is 53.1 Å². The van der Waals surface area contributed by atoms with Gasteiger partial charge >= 0.3 is 0 Å². The number of methoxy groups -OCH3 is 2. The Bertz CT molecular complexity index is 665. The van der Waals surface area contributed by atoms with Crippen LogP contribution in [0, 0.1) is 0 Å². The lowest BCUT2D eigenvalue weighted by molar-refractivity contribution is 0.396. The third-order valence-corrected chi connectivity index (χ3v) is 3.81. The molecule has 0 atom stereocenters. The Labute approximate surface area is 146 Å². The van der Waals surface area contributed by atoms with Crippen molar-refractivity contribution in [3.8, 4) is 11.5 Å². The van der Waals surface area contributed by atoms with Crippen molar-refractivity contribution in [2.24, 2.45) is 0 Å². The van der Waals surface area contributed by atoms with Gasteiger partial charge in [-0.25, -0.2) is 0 Å². The van der Waals surface area contributed by atoms with Gasteiger partial charge in [0.15, 0.2) is 5.11 Å². The third kappa shape index (κ3) is 5.01. The molecule has 2 aromatic carbocycles. The van der Waals surface area contributed by atoms with Crippen molar-refractivity contribution >= 4 is 34.6 Å². The smallest absolute Gasteiger partial charge is 0.170 e. The van der Waals surface area contributed by atoms with E-state index in [2.05, 4.69) is 22.8 Å². The molecule has 0 radical (unpaired) electrons. The van der Waals surface area contributed by atoms with E-state index < -0.39 is 0 Å². The molecule has 0 fully saturated rings. The molecule has 23 heavy (non-hydrogen) atoms. The summed E-state index contributed by atoms with van der Waals surface area (Å²) in [5.41, 5.74) is 1.95. The molecule has 0 aromatic heterocycles. The molecule has 0 heterocycles. The fourth-order valence-corrected chi connectivity index (χ4v) is 2.54. The van der Waals surface area contributed by atoms with Crippen molar-refractivity contribution in [1.29, 1.82) is 0 Å². The van der Waals surface area contributed by atoms with Gasteiger partial charge in [-0.3, -0.25) is 0 Å². The number of nitrogens with one attached hydrogen (secondary N) is 2. The van der Waals surface area contributed by atoms with Crippen LogP contribution in [0.3, 0.4) is 0 Å². The maximum absolute atomic E-state index is 6.14. The Kier molecular flexibility index (Phi) is 6.50. The van der Waals surface area contributed by atoms with E-state index in [1.807, 2.05) is 18.2 Å². The minimum absolute atomic E-state index is 0.489. The first-order chi connectivity index (χ1) is 11.1. The highest BCUT2D eigenvalue weighted by Gasteiger charge is 2.10. The van der Waals surface area contributed by atoms with E-state index in [9.17, 15) is 0 Å². The van der Waals surface area contributed by atoms with Gasteiger partial charge in [0, 0.05) is 12.6 Å². The zero-order valence-corrected chi connectivity index (χ0v) is 14.6. The molecule has 0 saturated carbocycles. The summed E-state index contributed by atoms with van der Waals surface area (Å²) in [6, 6.07) is 13.7. The van der Waals surface area contributed by atoms with Crippen molar-refractivity contribution < 1.29 is 9.47 Å². The first-order valence-electron chi connectivity index (χ1n) is 7.14. The van der Waals surface area contributed by atoms with Gasteiger partial charge in [0.1, 0.15) is 11.5 Å². The van der Waals surface area contributed by atoms with E-state index in [4.69, 9.17) is 33.3 Å². The van der Waals surface area contributed by atoms with Crippen LogP contribution in [-0.2, 0) is 6.42 Å². The predicted octanol–water partition coefficient (Wildman–Crippen LogP) is 3.89. The molecule has 2 rings (SSSR count). The van der Waals surface area contributed by atoms with Crippen molar-refractivity contribution in [1.82, 2.24) is 5.32 Å². The van der Waals surface area contributed by atoms with Crippen LogP contribution in [0.25, 0.3) is 0 Å². The fourth-order valence-electron chi connectivity index (χ4n) is 2.09. The van der Waals surface area contributed by atoms with Crippen molar-refractivity contribution in [3.63, 3.8) is 0 Å². The van der Waals surface area contributed by atoms with Crippen LogP contribution in [0.4, 0.5) is 5.69 Å². The molecular weight excluding hydrogens is 332 g/mol. The zero-order valence-electron chi connectivity index (χ0n) is 13.1. The van der Waals surface area contributed by atoms with Gasteiger partial charge in [0.25, 0.3) is 0 Å². The van der Waals surface area contributed by atoms with Gasteiger partial charge in [-0.15, -0.1) is 0 Å². The minimum atomic E-state index is 0.489. The highest BCUT2D eigenvalue weighted by atomic mass is 35.5. The molecule has 2 aromatic rings. The third-order valence-electron chi connectivity index (χ3n) is 3.26. The number of hydrogen-bond donors (Lipinski definition) is 2. The van der Waals surface area contributed by atoms with Gasteiger partial charge < -0.3 is 20.1 Å². The van der Waals surface area contributed by atoms with E-state index in [0.29, 0.717) is 27.3 Å². The van der Waals surface area contributed by atoms with Crippen molar-refractivity contribution in [2.45, 2.75) is 6.42 Å². The highest BCUT2D eigenvalue weighted by molar-refractivity contribution is 7.80. The van der Waals surface area contributed by atoms with Gasteiger partial charge in [-0.05, 0) is 30.3 Å². The molecule has 0 spiro atoms. The van der Waals surface area contributed by atoms with E-state index in [-0.39, 0.29) is 0 Å². The second-order valence-corrected chi connectivity index (χ2v) is 5.62. The molecule has 122 valence electrons. The summed E-state index contributed by atoms with van der Waals surface area (Å²) in [5.74, 6) is 1.16. The first-order valence-corrected chi connectivity index (χ1v) is 7.93. The van der Waals surface area contributed by atoms with Crippen molar-refractivity contribution in [2.75, 3.05) is 26.1 Å². The quantitative estimate of drug-likeness (QED) is 0.774.